The molecule has 0 aliphatic carbocycles. The molecule has 1 atom stereocenters. The van der Waals surface area contributed by atoms with Crippen LogP contribution in [0.4, 0.5) is 0 Å². The highest BCUT2D eigenvalue weighted by molar-refractivity contribution is 9.10. The number of benzene rings is 1. The van der Waals surface area contributed by atoms with E-state index < -0.39 is 0 Å². The van der Waals surface area contributed by atoms with Crippen LogP contribution in [0.5, 0.6) is 0 Å². The third-order valence-corrected chi connectivity index (χ3v) is 5.72. The molecule has 1 fully saturated rings. The van der Waals surface area contributed by atoms with E-state index >= 15 is 0 Å². The summed E-state index contributed by atoms with van der Waals surface area (Å²) in [6.07, 6.45) is 7.74. The number of carbonyl (C=O) groups excluding carboxylic acids is 1. The predicted octanol–water partition coefficient (Wildman–Crippen LogP) is 2.99. The zero-order valence-corrected chi connectivity index (χ0v) is 17.1. The highest BCUT2D eigenvalue weighted by Crippen LogP contribution is 2.25. The Kier molecular flexibility index (Phi) is 7.43. The topological polar surface area (TPSA) is 70.4 Å². The lowest BCUT2D eigenvalue weighted by Gasteiger charge is -2.26. The van der Waals surface area contributed by atoms with Crippen LogP contribution in [0, 0.1) is 0 Å². The van der Waals surface area contributed by atoms with Gasteiger partial charge in [-0.15, -0.1) is 0 Å². The summed E-state index contributed by atoms with van der Waals surface area (Å²) < 4.78 is 2.75. The van der Waals surface area contributed by atoms with E-state index in [-0.39, 0.29) is 18.6 Å². The Morgan fingerprint density at radius 1 is 1.22 bits per heavy atom. The number of aliphatic hydroxyl groups excluding tert-OH is 1. The highest BCUT2D eigenvalue weighted by atomic mass is 79.9. The van der Waals surface area contributed by atoms with E-state index in [1.165, 1.54) is 19.3 Å². The van der Waals surface area contributed by atoms with Crippen LogP contribution in [0.3, 0.4) is 0 Å². The number of halogens is 1. The zero-order chi connectivity index (χ0) is 19.1. The molecule has 1 aliphatic heterocycles. The molecule has 1 saturated heterocycles. The number of nitrogens with one attached hydrogen (secondary N) is 1. The molecule has 0 saturated carbocycles. The number of carbonyl (C=O) groups is 1. The first-order chi connectivity index (χ1) is 13.2. The minimum Gasteiger partial charge on any atom is -0.396 e. The van der Waals surface area contributed by atoms with Gasteiger partial charge in [-0.05, 0) is 44.0 Å². The van der Waals surface area contributed by atoms with Crippen molar-refractivity contribution in [2.24, 2.45) is 0 Å². The molecule has 27 heavy (non-hydrogen) atoms. The molecule has 1 aromatic carbocycles. The number of likely N-dealkylation sites (tertiary alicyclic amines) is 1. The van der Waals surface area contributed by atoms with Crippen LogP contribution in [0.2, 0.25) is 0 Å². The Hall–Kier alpha value is -1.70. The van der Waals surface area contributed by atoms with Crippen LogP contribution in [-0.4, -0.2) is 51.9 Å². The summed E-state index contributed by atoms with van der Waals surface area (Å²) in [5.74, 6) is -0.173. The molecule has 7 heteroatoms. The summed E-state index contributed by atoms with van der Waals surface area (Å²) >= 11 is 3.52. The number of nitrogens with zero attached hydrogens (tertiary/aromatic N) is 3. The van der Waals surface area contributed by atoms with Crippen LogP contribution >= 0.6 is 15.9 Å². The molecule has 2 aromatic rings. The fourth-order valence-corrected chi connectivity index (χ4v) is 4.02. The Labute approximate surface area is 168 Å². The SMILES string of the molecule is O=C(N[C@H](CCO)c1ccccc1Br)c1cnn(CCN2CCCCC2)c1. The lowest BCUT2D eigenvalue weighted by Crippen LogP contribution is -2.32. The van der Waals surface area contributed by atoms with E-state index in [1.54, 1.807) is 12.4 Å². The van der Waals surface area contributed by atoms with Gasteiger partial charge >= 0.3 is 0 Å². The summed E-state index contributed by atoms with van der Waals surface area (Å²) in [7, 11) is 0. The summed E-state index contributed by atoms with van der Waals surface area (Å²) in [5, 5.41) is 16.7. The highest BCUT2D eigenvalue weighted by Gasteiger charge is 2.19. The lowest BCUT2D eigenvalue weighted by atomic mass is 10.0. The molecule has 1 aromatic heterocycles. The summed E-state index contributed by atoms with van der Waals surface area (Å²) in [6.45, 7) is 4.07. The number of hydrogen-bond acceptors (Lipinski definition) is 4. The molecular formula is C20H27BrN4O2. The normalized spacial score (nSPS) is 16.2. The van der Waals surface area contributed by atoms with Crippen molar-refractivity contribution in [1.29, 1.82) is 0 Å². The number of aliphatic hydroxyl groups is 1. The van der Waals surface area contributed by atoms with Crippen LogP contribution in [0.1, 0.15) is 47.6 Å². The van der Waals surface area contributed by atoms with E-state index in [0.717, 1.165) is 36.2 Å². The lowest BCUT2D eigenvalue weighted by molar-refractivity contribution is 0.0929. The van der Waals surface area contributed by atoms with Gasteiger partial charge in [0.2, 0.25) is 0 Å². The standard InChI is InChI=1S/C20H27BrN4O2/c21-18-7-3-2-6-17(18)19(8-13-26)23-20(27)16-14-22-25(15-16)12-11-24-9-4-1-5-10-24/h2-3,6-7,14-15,19,26H,1,4-5,8-13H2,(H,23,27)/t19-/m1/s1. The second kappa shape index (κ2) is 10.0. The number of rotatable bonds is 8. The van der Waals surface area contributed by atoms with E-state index in [9.17, 15) is 9.90 Å². The van der Waals surface area contributed by atoms with Gasteiger partial charge in [-0.25, -0.2) is 0 Å². The second-order valence-corrected chi connectivity index (χ2v) is 7.81. The average molecular weight is 435 g/mol. The monoisotopic (exact) mass is 434 g/mol. The zero-order valence-electron chi connectivity index (χ0n) is 15.5. The molecule has 2 heterocycles. The van der Waals surface area contributed by atoms with Gasteiger partial charge in [0, 0.05) is 23.8 Å². The first kappa shape index (κ1) is 20.0. The van der Waals surface area contributed by atoms with Crippen LogP contribution in [-0.2, 0) is 6.54 Å². The van der Waals surface area contributed by atoms with Gasteiger partial charge in [0.15, 0.2) is 0 Å². The van der Waals surface area contributed by atoms with Crippen LogP contribution in [0.15, 0.2) is 41.1 Å². The predicted molar refractivity (Wildman–Crippen MR) is 109 cm³/mol. The molecule has 0 bridgehead atoms. The van der Waals surface area contributed by atoms with Gasteiger partial charge in [0.05, 0.1) is 24.3 Å². The summed E-state index contributed by atoms with van der Waals surface area (Å²) in [6, 6.07) is 7.49. The summed E-state index contributed by atoms with van der Waals surface area (Å²) in [5.41, 5.74) is 1.50. The molecule has 6 nitrogen and oxygen atoms in total. The molecule has 1 amide bonds. The van der Waals surface area contributed by atoms with Crippen molar-refractivity contribution in [3.8, 4) is 0 Å². The third-order valence-electron chi connectivity index (χ3n) is 4.99. The minimum atomic E-state index is -0.255. The quantitative estimate of drug-likeness (QED) is 0.669. The Morgan fingerprint density at radius 3 is 2.74 bits per heavy atom. The molecule has 2 N–H and O–H groups in total. The maximum Gasteiger partial charge on any atom is 0.254 e. The number of piperidine rings is 1. The van der Waals surface area contributed by atoms with Gasteiger partial charge in [0.25, 0.3) is 5.91 Å². The molecular weight excluding hydrogens is 408 g/mol. The van der Waals surface area contributed by atoms with E-state index in [0.29, 0.717) is 12.0 Å². The van der Waals surface area contributed by atoms with Crippen molar-refractivity contribution in [3.63, 3.8) is 0 Å². The molecule has 1 aliphatic rings. The van der Waals surface area contributed by atoms with Gasteiger partial charge in [-0.1, -0.05) is 40.5 Å². The molecule has 3 rings (SSSR count). The number of amides is 1. The van der Waals surface area contributed by atoms with Crippen molar-refractivity contribution in [1.82, 2.24) is 20.0 Å². The van der Waals surface area contributed by atoms with Crippen molar-refractivity contribution in [3.05, 3.63) is 52.3 Å². The van der Waals surface area contributed by atoms with E-state index in [2.05, 4.69) is 31.2 Å². The fourth-order valence-electron chi connectivity index (χ4n) is 3.46. The van der Waals surface area contributed by atoms with E-state index in [4.69, 9.17) is 0 Å². The van der Waals surface area contributed by atoms with Gasteiger partial charge < -0.3 is 15.3 Å². The fraction of sp³-hybridized carbons (Fsp3) is 0.500. The summed E-state index contributed by atoms with van der Waals surface area (Å²) in [4.78, 5) is 15.1. The molecule has 0 radical (unpaired) electrons. The van der Waals surface area contributed by atoms with Crippen LogP contribution < -0.4 is 5.32 Å². The van der Waals surface area contributed by atoms with Crippen molar-refractivity contribution in [2.45, 2.75) is 38.3 Å². The first-order valence-electron chi connectivity index (χ1n) is 9.58. The minimum absolute atomic E-state index is 0.00137. The first-order valence-corrected chi connectivity index (χ1v) is 10.4. The Bertz CT molecular complexity index is 743. The van der Waals surface area contributed by atoms with Crippen molar-refractivity contribution in [2.75, 3.05) is 26.2 Å². The van der Waals surface area contributed by atoms with Crippen molar-refractivity contribution >= 4 is 21.8 Å². The average Bonchev–Trinajstić information content (AvgIpc) is 3.16. The van der Waals surface area contributed by atoms with Gasteiger partial charge in [-0.2, -0.15) is 5.10 Å². The maximum absolute atomic E-state index is 12.7. The van der Waals surface area contributed by atoms with Gasteiger partial charge in [0.1, 0.15) is 0 Å². The second-order valence-electron chi connectivity index (χ2n) is 6.95. The number of hydrogen-bond donors (Lipinski definition) is 2. The van der Waals surface area contributed by atoms with Gasteiger partial charge in [-0.3, -0.25) is 9.48 Å². The number of aromatic nitrogens is 2. The smallest absolute Gasteiger partial charge is 0.254 e. The molecule has 0 spiro atoms. The van der Waals surface area contributed by atoms with E-state index in [1.807, 2.05) is 28.9 Å². The van der Waals surface area contributed by atoms with Crippen LogP contribution in [0.25, 0.3) is 0 Å². The Morgan fingerprint density at radius 2 is 2.00 bits per heavy atom. The largest absolute Gasteiger partial charge is 0.396 e. The third kappa shape index (κ3) is 5.64. The molecule has 0 unspecified atom stereocenters. The maximum atomic E-state index is 12.7. The molecule has 146 valence electrons. The van der Waals surface area contributed by atoms with Crippen molar-refractivity contribution < 1.29 is 9.90 Å². The Balaban J connectivity index is 1.59.